The van der Waals surface area contributed by atoms with E-state index in [4.69, 9.17) is 11.0 Å². The molecule has 100 valence electrons. The lowest BCUT2D eigenvalue weighted by Gasteiger charge is -2.35. The summed E-state index contributed by atoms with van der Waals surface area (Å²) in [7, 11) is 0. The molecule has 6 heteroatoms. The fourth-order valence-corrected chi connectivity index (χ4v) is 2.40. The van der Waals surface area contributed by atoms with Crippen LogP contribution in [0.4, 0.5) is 14.5 Å². The number of nitrogens with zero attached hydrogens (tertiary/aromatic N) is 2. The number of carbonyl (C=O) groups is 1. The fourth-order valence-electron chi connectivity index (χ4n) is 2.40. The number of hydrogen-bond acceptors (Lipinski definition) is 3. The normalized spacial score (nSPS) is 19.0. The van der Waals surface area contributed by atoms with Gasteiger partial charge in [-0.1, -0.05) is 0 Å². The summed E-state index contributed by atoms with van der Waals surface area (Å²) in [6.45, 7) is 0.368. The average molecular weight is 265 g/mol. The van der Waals surface area contributed by atoms with Crippen molar-refractivity contribution in [1.82, 2.24) is 0 Å². The van der Waals surface area contributed by atoms with E-state index >= 15 is 0 Å². The van der Waals surface area contributed by atoms with Crippen LogP contribution >= 0.6 is 0 Å². The molecule has 1 atom stereocenters. The molecule has 2 N–H and O–H groups in total. The average Bonchev–Trinajstić information content (AvgIpc) is 2.38. The van der Waals surface area contributed by atoms with Crippen LogP contribution in [0.25, 0.3) is 0 Å². The number of benzene rings is 1. The Bertz CT molecular complexity index is 530. The van der Waals surface area contributed by atoms with Crippen LogP contribution in [0, 0.1) is 23.0 Å². The number of nitrogens with two attached hydrogens (primary N) is 1. The molecular formula is C13H13F2N3O. The first-order chi connectivity index (χ1) is 9.04. The summed E-state index contributed by atoms with van der Waals surface area (Å²) in [4.78, 5) is 12.7. The molecule has 1 aliphatic rings. The third kappa shape index (κ3) is 2.50. The highest BCUT2D eigenvalue weighted by molar-refractivity contribution is 5.84. The molecule has 0 saturated carbocycles. The second-order valence-electron chi connectivity index (χ2n) is 4.51. The van der Waals surface area contributed by atoms with E-state index in [-0.39, 0.29) is 11.3 Å². The van der Waals surface area contributed by atoms with Crippen LogP contribution < -0.4 is 10.6 Å². The van der Waals surface area contributed by atoms with E-state index in [1.54, 1.807) is 6.07 Å². The lowest BCUT2D eigenvalue weighted by atomic mass is 10.00. The van der Waals surface area contributed by atoms with Gasteiger partial charge in [0.25, 0.3) is 0 Å². The van der Waals surface area contributed by atoms with Crippen molar-refractivity contribution in [3.8, 4) is 6.07 Å². The molecule has 0 bridgehead atoms. The van der Waals surface area contributed by atoms with E-state index in [1.165, 1.54) is 4.90 Å². The minimum atomic E-state index is -0.843. The molecule has 2 rings (SSSR count). The molecule has 0 aliphatic carbocycles. The van der Waals surface area contributed by atoms with Crippen LogP contribution in [0.1, 0.15) is 24.8 Å². The lowest BCUT2D eigenvalue weighted by molar-refractivity contribution is -0.119. The highest BCUT2D eigenvalue weighted by atomic mass is 19.1. The maximum absolute atomic E-state index is 13.9. The zero-order valence-corrected chi connectivity index (χ0v) is 10.2. The smallest absolute Gasteiger partial charge is 0.240 e. The van der Waals surface area contributed by atoms with E-state index in [9.17, 15) is 13.6 Å². The van der Waals surface area contributed by atoms with Gasteiger partial charge >= 0.3 is 0 Å². The van der Waals surface area contributed by atoms with Gasteiger partial charge in [0.2, 0.25) is 5.91 Å². The van der Waals surface area contributed by atoms with Gasteiger partial charge in [0.15, 0.2) is 11.6 Å². The van der Waals surface area contributed by atoms with E-state index in [0.717, 1.165) is 25.0 Å². The van der Waals surface area contributed by atoms with Crippen LogP contribution in [0.2, 0.25) is 0 Å². The molecule has 1 fully saturated rings. The topological polar surface area (TPSA) is 70.1 Å². The van der Waals surface area contributed by atoms with Gasteiger partial charge in [0.1, 0.15) is 11.7 Å². The Labute approximate surface area is 109 Å². The largest absolute Gasteiger partial charge is 0.368 e. The van der Waals surface area contributed by atoms with Gasteiger partial charge < -0.3 is 10.6 Å². The predicted molar refractivity (Wildman–Crippen MR) is 65.3 cm³/mol. The second-order valence-corrected chi connectivity index (χ2v) is 4.51. The standard InChI is InChI=1S/C13H13F2N3O/c14-9-5-8(7-16)6-10(15)12(9)18-4-2-1-3-11(18)13(17)19/h5-6,11H,1-4H2,(H2,17,19). The molecule has 1 amide bonds. The Hall–Kier alpha value is -2.16. The zero-order valence-electron chi connectivity index (χ0n) is 10.2. The van der Waals surface area contributed by atoms with Crippen molar-refractivity contribution < 1.29 is 13.6 Å². The molecule has 1 saturated heterocycles. The molecule has 4 nitrogen and oxygen atoms in total. The van der Waals surface area contributed by atoms with Gasteiger partial charge in [-0.3, -0.25) is 4.79 Å². The fraction of sp³-hybridized carbons (Fsp3) is 0.385. The number of nitriles is 1. The summed E-state index contributed by atoms with van der Waals surface area (Å²) >= 11 is 0. The number of rotatable bonds is 2. The van der Waals surface area contributed by atoms with Gasteiger partial charge in [-0.25, -0.2) is 8.78 Å². The van der Waals surface area contributed by atoms with Gasteiger partial charge in [-0.15, -0.1) is 0 Å². The SMILES string of the molecule is N#Cc1cc(F)c(N2CCCCC2C(N)=O)c(F)c1. The number of carbonyl (C=O) groups excluding carboxylic acids is 1. The van der Waals surface area contributed by atoms with E-state index in [2.05, 4.69) is 0 Å². The third-order valence-corrected chi connectivity index (χ3v) is 3.26. The minimum absolute atomic E-state index is 0.0913. The Kier molecular flexibility index (Phi) is 3.65. The monoisotopic (exact) mass is 265 g/mol. The first kappa shape index (κ1) is 13.3. The van der Waals surface area contributed by atoms with E-state index in [0.29, 0.717) is 13.0 Å². The summed E-state index contributed by atoms with van der Waals surface area (Å²) < 4.78 is 27.9. The van der Waals surface area contributed by atoms with Gasteiger partial charge in [0.05, 0.1) is 11.6 Å². The lowest BCUT2D eigenvalue weighted by Crippen LogP contribution is -2.48. The Morgan fingerprint density at radius 2 is 2.00 bits per heavy atom. The Balaban J connectivity index is 2.45. The second kappa shape index (κ2) is 5.22. The van der Waals surface area contributed by atoms with Crippen molar-refractivity contribution in [3.05, 3.63) is 29.3 Å². The van der Waals surface area contributed by atoms with Crippen molar-refractivity contribution in [2.45, 2.75) is 25.3 Å². The third-order valence-electron chi connectivity index (χ3n) is 3.26. The number of piperidine rings is 1. The van der Waals surface area contributed by atoms with Crippen LogP contribution in [-0.4, -0.2) is 18.5 Å². The Morgan fingerprint density at radius 3 is 2.53 bits per heavy atom. The molecule has 19 heavy (non-hydrogen) atoms. The maximum Gasteiger partial charge on any atom is 0.240 e. The van der Waals surface area contributed by atoms with E-state index in [1.807, 2.05) is 0 Å². The van der Waals surface area contributed by atoms with Crippen LogP contribution in [0.3, 0.4) is 0 Å². The molecule has 0 radical (unpaired) electrons. The highest BCUT2D eigenvalue weighted by Crippen LogP contribution is 2.30. The number of hydrogen-bond donors (Lipinski definition) is 1. The van der Waals surface area contributed by atoms with Crippen molar-refractivity contribution in [3.63, 3.8) is 0 Å². The van der Waals surface area contributed by atoms with E-state index < -0.39 is 23.6 Å². The number of primary amides is 1. The summed E-state index contributed by atoms with van der Waals surface area (Å²) in [6, 6.07) is 2.91. The molecule has 1 aromatic rings. The summed E-state index contributed by atoms with van der Waals surface area (Å²) in [5.41, 5.74) is 4.91. The van der Waals surface area contributed by atoms with Crippen molar-refractivity contribution in [2.24, 2.45) is 5.73 Å². The summed E-state index contributed by atoms with van der Waals surface area (Å²) in [5.74, 6) is -2.28. The van der Waals surface area contributed by atoms with Gasteiger partial charge in [-0.05, 0) is 31.4 Å². The molecule has 1 aromatic carbocycles. The summed E-state index contributed by atoms with van der Waals surface area (Å²) in [5, 5.41) is 8.66. The van der Waals surface area contributed by atoms with Crippen LogP contribution in [0.5, 0.6) is 0 Å². The zero-order chi connectivity index (χ0) is 14.0. The molecule has 1 heterocycles. The van der Waals surface area contributed by atoms with Gasteiger partial charge in [-0.2, -0.15) is 5.26 Å². The molecule has 0 spiro atoms. The number of halogens is 2. The minimum Gasteiger partial charge on any atom is -0.368 e. The van der Waals surface area contributed by atoms with Crippen LogP contribution in [0.15, 0.2) is 12.1 Å². The van der Waals surface area contributed by atoms with Crippen molar-refractivity contribution in [1.29, 1.82) is 5.26 Å². The van der Waals surface area contributed by atoms with Crippen molar-refractivity contribution in [2.75, 3.05) is 11.4 Å². The summed E-state index contributed by atoms with van der Waals surface area (Å²) in [6.07, 6.45) is 2.01. The predicted octanol–water partition coefficient (Wildman–Crippen LogP) is 1.68. The first-order valence-corrected chi connectivity index (χ1v) is 5.99. The molecule has 1 unspecified atom stereocenters. The number of amides is 1. The first-order valence-electron chi connectivity index (χ1n) is 5.99. The Morgan fingerprint density at radius 1 is 1.37 bits per heavy atom. The maximum atomic E-state index is 13.9. The van der Waals surface area contributed by atoms with Gasteiger partial charge in [0, 0.05) is 6.54 Å². The quantitative estimate of drug-likeness (QED) is 0.884. The molecular weight excluding hydrogens is 252 g/mol. The molecule has 1 aliphatic heterocycles. The molecule has 0 aromatic heterocycles. The number of anilines is 1. The highest BCUT2D eigenvalue weighted by Gasteiger charge is 2.31. The van der Waals surface area contributed by atoms with Crippen molar-refractivity contribution >= 4 is 11.6 Å². The van der Waals surface area contributed by atoms with Crippen LogP contribution in [-0.2, 0) is 4.79 Å².